The number of hydrogen-bond donors (Lipinski definition) is 3. The summed E-state index contributed by atoms with van der Waals surface area (Å²) in [6, 6.07) is 14.8. The van der Waals surface area contributed by atoms with Crippen LogP contribution in [0.1, 0.15) is 10.4 Å². The van der Waals surface area contributed by atoms with E-state index >= 15 is 0 Å². The molecule has 0 fully saturated rings. The monoisotopic (exact) mass is 309 g/mol. The van der Waals surface area contributed by atoms with Gasteiger partial charge < -0.3 is 20.7 Å². The van der Waals surface area contributed by atoms with Crippen LogP contribution in [0.15, 0.2) is 60.9 Å². The van der Waals surface area contributed by atoms with Crippen molar-refractivity contribution in [3.05, 3.63) is 66.5 Å². The van der Waals surface area contributed by atoms with Gasteiger partial charge in [-0.25, -0.2) is 0 Å². The average molecular weight is 309 g/mol. The van der Waals surface area contributed by atoms with Crippen molar-refractivity contribution in [1.29, 1.82) is 0 Å². The minimum atomic E-state index is -0.665. The molecule has 0 spiro atoms. The van der Waals surface area contributed by atoms with E-state index in [4.69, 9.17) is 5.73 Å². The molecule has 0 saturated carbocycles. The lowest BCUT2D eigenvalue weighted by atomic mass is 10.2. The maximum Gasteiger partial charge on any atom is 0.251 e. The predicted molar refractivity (Wildman–Crippen MR) is 91.1 cm³/mol. The molecule has 1 heterocycles. The lowest BCUT2D eigenvalue weighted by Gasteiger charge is -2.13. The molecule has 118 valence electrons. The second-order valence-electron chi connectivity index (χ2n) is 5.57. The number of carbonyl (C=O) groups excluding carboxylic acids is 1. The first-order chi connectivity index (χ1) is 11.1. The Labute approximate surface area is 134 Å². The number of carbonyl (C=O) groups is 1. The highest BCUT2D eigenvalue weighted by Gasteiger charge is 2.10. The Morgan fingerprint density at radius 3 is 2.48 bits per heavy atom. The fourth-order valence-electron chi connectivity index (χ4n) is 2.55. The molecule has 1 unspecified atom stereocenters. The van der Waals surface area contributed by atoms with Gasteiger partial charge in [0.15, 0.2) is 0 Å². The van der Waals surface area contributed by atoms with Crippen molar-refractivity contribution in [3.63, 3.8) is 0 Å². The second-order valence-corrected chi connectivity index (χ2v) is 5.57. The molecule has 5 heteroatoms. The number of anilines is 1. The molecule has 0 aliphatic rings. The van der Waals surface area contributed by atoms with E-state index in [1.165, 1.54) is 0 Å². The van der Waals surface area contributed by atoms with Crippen molar-refractivity contribution in [2.75, 3.05) is 12.3 Å². The molecular formula is C18H19N3O2. The molecule has 3 aromatic rings. The van der Waals surface area contributed by atoms with Gasteiger partial charge in [-0.3, -0.25) is 4.79 Å². The van der Waals surface area contributed by atoms with E-state index < -0.39 is 6.10 Å². The molecule has 1 amide bonds. The predicted octanol–water partition coefficient (Wildman–Crippen LogP) is 2.01. The molecule has 1 atom stereocenters. The maximum atomic E-state index is 12.0. The van der Waals surface area contributed by atoms with Gasteiger partial charge in [-0.15, -0.1) is 0 Å². The summed E-state index contributed by atoms with van der Waals surface area (Å²) in [5, 5.41) is 15.1. The number of fused-ring (bicyclic) bond motifs is 1. The summed E-state index contributed by atoms with van der Waals surface area (Å²) in [7, 11) is 0. The van der Waals surface area contributed by atoms with Crippen LogP contribution < -0.4 is 11.1 Å². The Morgan fingerprint density at radius 1 is 1.13 bits per heavy atom. The minimum Gasteiger partial charge on any atom is -0.399 e. The number of benzene rings is 2. The summed E-state index contributed by atoms with van der Waals surface area (Å²) in [4.78, 5) is 12.0. The van der Waals surface area contributed by atoms with Gasteiger partial charge in [-0.05, 0) is 29.0 Å². The lowest BCUT2D eigenvalue weighted by molar-refractivity contribution is 0.0904. The van der Waals surface area contributed by atoms with Gasteiger partial charge in [0, 0.05) is 36.7 Å². The largest absolute Gasteiger partial charge is 0.399 e. The Kier molecular flexibility index (Phi) is 4.30. The Hall–Kier alpha value is -2.79. The van der Waals surface area contributed by atoms with Crippen LogP contribution in [0.2, 0.25) is 0 Å². The minimum absolute atomic E-state index is 0.183. The molecule has 0 saturated heterocycles. The summed E-state index contributed by atoms with van der Waals surface area (Å²) < 4.78 is 1.93. The summed E-state index contributed by atoms with van der Waals surface area (Å²) in [6.45, 7) is 0.605. The molecular weight excluding hydrogens is 290 g/mol. The SMILES string of the molecule is Nc1cccc(C(=O)NCC(O)Cn2cc3ccccc3c2)c1. The van der Waals surface area contributed by atoms with Crippen molar-refractivity contribution < 1.29 is 9.90 Å². The standard InChI is InChI=1S/C18H19N3O2/c19-16-7-3-6-13(8-16)18(23)20-9-17(22)12-21-10-14-4-1-2-5-15(14)11-21/h1-8,10-11,17,22H,9,12,19H2,(H,20,23). The van der Waals surface area contributed by atoms with Crippen LogP contribution in [0, 0.1) is 0 Å². The summed E-state index contributed by atoms with van der Waals surface area (Å²) in [5.41, 5.74) is 6.69. The molecule has 0 bridgehead atoms. The highest BCUT2D eigenvalue weighted by atomic mass is 16.3. The number of nitrogens with one attached hydrogen (secondary N) is 1. The third-order valence-electron chi connectivity index (χ3n) is 3.67. The number of rotatable bonds is 5. The smallest absolute Gasteiger partial charge is 0.251 e. The second kappa shape index (κ2) is 6.54. The fraction of sp³-hybridized carbons (Fsp3) is 0.167. The number of aliphatic hydroxyl groups is 1. The van der Waals surface area contributed by atoms with Crippen molar-refractivity contribution in [2.45, 2.75) is 12.6 Å². The molecule has 23 heavy (non-hydrogen) atoms. The number of hydrogen-bond acceptors (Lipinski definition) is 3. The van der Waals surface area contributed by atoms with Crippen molar-refractivity contribution >= 4 is 22.4 Å². The van der Waals surface area contributed by atoms with Crippen molar-refractivity contribution in [3.8, 4) is 0 Å². The van der Waals surface area contributed by atoms with E-state index in [0.717, 1.165) is 10.8 Å². The highest BCUT2D eigenvalue weighted by molar-refractivity contribution is 5.95. The number of aliphatic hydroxyl groups excluding tert-OH is 1. The van der Waals surface area contributed by atoms with Crippen LogP contribution in [0.5, 0.6) is 0 Å². The van der Waals surface area contributed by atoms with Crippen LogP contribution in [-0.4, -0.2) is 28.2 Å². The fourth-order valence-corrected chi connectivity index (χ4v) is 2.55. The topological polar surface area (TPSA) is 80.3 Å². The van der Waals surface area contributed by atoms with Gasteiger partial charge in [-0.1, -0.05) is 30.3 Å². The van der Waals surface area contributed by atoms with Crippen LogP contribution >= 0.6 is 0 Å². The maximum absolute atomic E-state index is 12.0. The molecule has 0 radical (unpaired) electrons. The molecule has 2 aromatic carbocycles. The molecule has 5 nitrogen and oxygen atoms in total. The highest BCUT2D eigenvalue weighted by Crippen LogP contribution is 2.14. The number of amides is 1. The van der Waals surface area contributed by atoms with Crippen LogP contribution in [-0.2, 0) is 6.54 Å². The number of nitrogens with two attached hydrogens (primary N) is 1. The summed E-state index contributed by atoms with van der Waals surface area (Å²) >= 11 is 0. The molecule has 4 N–H and O–H groups in total. The first-order valence-electron chi connectivity index (χ1n) is 7.48. The van der Waals surface area contributed by atoms with Gasteiger partial charge in [-0.2, -0.15) is 0 Å². The Bertz CT molecular complexity index is 793. The third kappa shape index (κ3) is 3.70. The molecule has 1 aromatic heterocycles. The van der Waals surface area contributed by atoms with Gasteiger partial charge in [0.1, 0.15) is 0 Å². The van der Waals surface area contributed by atoms with E-state index in [9.17, 15) is 9.90 Å². The van der Waals surface area contributed by atoms with Crippen molar-refractivity contribution in [2.24, 2.45) is 0 Å². The summed E-state index contributed by atoms with van der Waals surface area (Å²) in [6.07, 6.45) is 3.30. The number of nitrogens with zero attached hydrogens (tertiary/aromatic N) is 1. The van der Waals surface area contributed by atoms with E-state index in [0.29, 0.717) is 17.8 Å². The van der Waals surface area contributed by atoms with Gasteiger partial charge >= 0.3 is 0 Å². The molecule has 0 aliphatic heterocycles. The zero-order chi connectivity index (χ0) is 16.2. The van der Waals surface area contributed by atoms with Gasteiger partial charge in [0.25, 0.3) is 5.91 Å². The zero-order valence-electron chi connectivity index (χ0n) is 12.6. The number of aromatic nitrogens is 1. The zero-order valence-corrected chi connectivity index (χ0v) is 12.6. The Balaban J connectivity index is 1.57. The average Bonchev–Trinajstić information content (AvgIpc) is 2.94. The van der Waals surface area contributed by atoms with E-state index in [2.05, 4.69) is 5.32 Å². The van der Waals surface area contributed by atoms with Crippen molar-refractivity contribution in [1.82, 2.24) is 9.88 Å². The van der Waals surface area contributed by atoms with Gasteiger partial charge in [0.2, 0.25) is 0 Å². The van der Waals surface area contributed by atoms with E-state index in [-0.39, 0.29) is 12.5 Å². The number of nitrogen functional groups attached to an aromatic ring is 1. The first-order valence-corrected chi connectivity index (χ1v) is 7.48. The van der Waals surface area contributed by atoms with Crippen LogP contribution in [0.3, 0.4) is 0 Å². The molecule has 0 aliphatic carbocycles. The molecule has 3 rings (SSSR count). The first kappa shape index (κ1) is 15.1. The van der Waals surface area contributed by atoms with Crippen LogP contribution in [0.4, 0.5) is 5.69 Å². The lowest BCUT2D eigenvalue weighted by Crippen LogP contribution is -2.34. The third-order valence-corrected chi connectivity index (χ3v) is 3.67. The van der Waals surface area contributed by atoms with E-state index in [1.807, 2.05) is 41.2 Å². The van der Waals surface area contributed by atoms with Crippen LogP contribution in [0.25, 0.3) is 10.8 Å². The van der Waals surface area contributed by atoms with E-state index in [1.54, 1.807) is 24.3 Å². The normalized spacial score (nSPS) is 12.2. The summed E-state index contributed by atoms with van der Waals surface area (Å²) in [5.74, 6) is -0.242. The quantitative estimate of drug-likeness (QED) is 0.631. The Morgan fingerprint density at radius 2 is 1.83 bits per heavy atom. The van der Waals surface area contributed by atoms with Gasteiger partial charge in [0.05, 0.1) is 6.10 Å².